The van der Waals surface area contributed by atoms with Crippen molar-refractivity contribution < 1.29 is 4.79 Å². The molecule has 82 valence electrons. The lowest BCUT2D eigenvalue weighted by Gasteiger charge is -2.29. The monoisotopic (exact) mass is 287 g/mol. The summed E-state index contributed by atoms with van der Waals surface area (Å²) < 4.78 is 1.02. The fourth-order valence-electron chi connectivity index (χ4n) is 1.79. The zero-order valence-electron chi connectivity index (χ0n) is 8.70. The van der Waals surface area contributed by atoms with Crippen LogP contribution in [0.5, 0.6) is 0 Å². The molecule has 0 aromatic carbocycles. The topological polar surface area (TPSA) is 20.3 Å². The zero-order valence-corrected chi connectivity index (χ0v) is 11.1. The highest BCUT2D eigenvalue weighted by Gasteiger charge is 2.22. The summed E-state index contributed by atoms with van der Waals surface area (Å²) in [6, 6.07) is 1.89. The quantitative estimate of drug-likeness (QED) is 0.835. The van der Waals surface area contributed by atoms with E-state index in [1.165, 1.54) is 19.3 Å². The van der Waals surface area contributed by atoms with E-state index in [0.717, 1.165) is 21.8 Å². The first kappa shape index (κ1) is 11.1. The summed E-state index contributed by atoms with van der Waals surface area (Å²) in [5.74, 6) is 0.880. The normalized spacial score (nSPS) is 16.1. The van der Waals surface area contributed by atoms with Gasteiger partial charge in [-0.15, -0.1) is 11.3 Å². The predicted octanol–water partition coefficient (Wildman–Crippen LogP) is 3.38. The van der Waals surface area contributed by atoms with Gasteiger partial charge in [0.1, 0.15) is 0 Å². The van der Waals surface area contributed by atoms with Gasteiger partial charge in [-0.2, -0.15) is 0 Å². The average Bonchev–Trinajstić information content (AvgIpc) is 2.56. The standard InChI is InChI=1S/C11H14BrNOS/c1-13(6-8-3-2-4-8)11(14)9-5-10(12)15-7-9/h5,7-8H,2-4,6H2,1H3. The molecule has 1 aromatic heterocycles. The third-order valence-corrected chi connectivity index (χ3v) is 4.42. The Bertz CT molecular complexity index is 359. The highest BCUT2D eigenvalue weighted by Crippen LogP contribution is 2.27. The molecule has 0 saturated heterocycles. The van der Waals surface area contributed by atoms with Crippen molar-refractivity contribution in [1.29, 1.82) is 0 Å². The molecule has 0 radical (unpaired) electrons. The van der Waals surface area contributed by atoms with Crippen molar-refractivity contribution in [1.82, 2.24) is 4.90 Å². The number of halogens is 1. The van der Waals surface area contributed by atoms with Crippen molar-refractivity contribution in [3.63, 3.8) is 0 Å². The summed E-state index contributed by atoms with van der Waals surface area (Å²) in [5, 5.41) is 1.91. The van der Waals surface area contributed by atoms with Crippen LogP contribution in [0.3, 0.4) is 0 Å². The van der Waals surface area contributed by atoms with Gasteiger partial charge >= 0.3 is 0 Å². The molecule has 1 aliphatic rings. The highest BCUT2D eigenvalue weighted by atomic mass is 79.9. The van der Waals surface area contributed by atoms with E-state index < -0.39 is 0 Å². The summed E-state index contributed by atoms with van der Waals surface area (Å²) >= 11 is 4.93. The van der Waals surface area contributed by atoms with Crippen LogP contribution in [0.1, 0.15) is 29.6 Å². The Morgan fingerprint density at radius 3 is 2.87 bits per heavy atom. The Hall–Kier alpha value is -0.350. The molecule has 1 heterocycles. The molecule has 0 aliphatic heterocycles. The number of nitrogens with zero attached hydrogens (tertiary/aromatic N) is 1. The first-order valence-electron chi connectivity index (χ1n) is 5.16. The molecule has 0 bridgehead atoms. The fourth-order valence-corrected chi connectivity index (χ4v) is 2.92. The molecule has 2 nitrogen and oxygen atoms in total. The molecule has 1 saturated carbocycles. The molecule has 1 aromatic rings. The van der Waals surface area contributed by atoms with Crippen LogP contribution in [0.2, 0.25) is 0 Å². The summed E-state index contributed by atoms with van der Waals surface area (Å²) in [6.07, 6.45) is 3.90. The van der Waals surface area contributed by atoms with E-state index in [2.05, 4.69) is 15.9 Å². The summed E-state index contributed by atoms with van der Waals surface area (Å²) in [4.78, 5) is 13.8. The van der Waals surface area contributed by atoms with Gasteiger partial charge in [0.2, 0.25) is 0 Å². The molecule has 1 fully saturated rings. The van der Waals surface area contributed by atoms with E-state index >= 15 is 0 Å². The van der Waals surface area contributed by atoms with Crippen LogP contribution in [0.15, 0.2) is 15.2 Å². The average molecular weight is 288 g/mol. The van der Waals surface area contributed by atoms with Crippen LogP contribution in [-0.4, -0.2) is 24.4 Å². The van der Waals surface area contributed by atoms with E-state index in [0.29, 0.717) is 0 Å². The summed E-state index contributed by atoms with van der Waals surface area (Å²) in [7, 11) is 1.90. The molecular formula is C11H14BrNOS. The maximum absolute atomic E-state index is 11.9. The molecule has 0 spiro atoms. The van der Waals surface area contributed by atoms with Crippen LogP contribution >= 0.6 is 27.3 Å². The lowest BCUT2D eigenvalue weighted by molar-refractivity contribution is 0.0746. The van der Waals surface area contributed by atoms with Gasteiger partial charge in [-0.1, -0.05) is 6.42 Å². The number of hydrogen-bond donors (Lipinski definition) is 0. The largest absolute Gasteiger partial charge is 0.341 e. The van der Waals surface area contributed by atoms with Crippen molar-refractivity contribution >= 4 is 33.2 Å². The van der Waals surface area contributed by atoms with Crippen LogP contribution in [0, 0.1) is 5.92 Å². The predicted molar refractivity (Wildman–Crippen MR) is 66.3 cm³/mol. The van der Waals surface area contributed by atoms with Crippen LogP contribution in [-0.2, 0) is 0 Å². The number of carbonyl (C=O) groups excluding carboxylic acids is 1. The maximum atomic E-state index is 11.9. The third kappa shape index (κ3) is 2.61. The Kier molecular flexibility index (Phi) is 3.46. The molecule has 2 rings (SSSR count). The van der Waals surface area contributed by atoms with Crippen molar-refractivity contribution in [2.75, 3.05) is 13.6 Å². The molecule has 1 amide bonds. The van der Waals surface area contributed by atoms with Gasteiger partial charge in [0.15, 0.2) is 0 Å². The number of thiophene rings is 1. The van der Waals surface area contributed by atoms with Gasteiger partial charge in [0.25, 0.3) is 5.91 Å². The first-order valence-corrected chi connectivity index (χ1v) is 6.83. The molecule has 0 N–H and O–H groups in total. The Morgan fingerprint density at radius 1 is 1.67 bits per heavy atom. The lowest BCUT2D eigenvalue weighted by atomic mass is 9.85. The summed E-state index contributed by atoms with van der Waals surface area (Å²) in [5.41, 5.74) is 0.800. The second-order valence-electron chi connectivity index (χ2n) is 4.12. The minimum absolute atomic E-state index is 0.142. The number of rotatable bonds is 3. The van der Waals surface area contributed by atoms with Gasteiger partial charge in [0.05, 0.1) is 9.35 Å². The smallest absolute Gasteiger partial charge is 0.254 e. The molecule has 0 unspecified atom stereocenters. The van der Waals surface area contributed by atoms with Crippen molar-refractivity contribution in [3.05, 3.63) is 20.8 Å². The van der Waals surface area contributed by atoms with Crippen molar-refractivity contribution in [2.45, 2.75) is 19.3 Å². The van der Waals surface area contributed by atoms with Crippen LogP contribution < -0.4 is 0 Å². The second-order valence-corrected chi connectivity index (χ2v) is 6.41. The minimum atomic E-state index is 0.142. The number of amides is 1. The highest BCUT2D eigenvalue weighted by molar-refractivity contribution is 9.11. The van der Waals surface area contributed by atoms with E-state index in [1.807, 2.05) is 23.4 Å². The fraction of sp³-hybridized carbons (Fsp3) is 0.545. The summed E-state index contributed by atoms with van der Waals surface area (Å²) in [6.45, 7) is 0.909. The van der Waals surface area contributed by atoms with Crippen molar-refractivity contribution in [3.8, 4) is 0 Å². The lowest BCUT2D eigenvalue weighted by Crippen LogP contribution is -2.34. The molecular weight excluding hydrogens is 274 g/mol. The van der Waals surface area contributed by atoms with Crippen molar-refractivity contribution in [2.24, 2.45) is 5.92 Å². The van der Waals surface area contributed by atoms with E-state index in [4.69, 9.17) is 0 Å². The van der Waals surface area contributed by atoms with E-state index in [-0.39, 0.29) is 5.91 Å². The minimum Gasteiger partial charge on any atom is -0.341 e. The Morgan fingerprint density at radius 2 is 2.40 bits per heavy atom. The SMILES string of the molecule is CN(CC1CCC1)C(=O)c1csc(Br)c1. The van der Waals surface area contributed by atoms with Gasteiger partial charge in [-0.3, -0.25) is 4.79 Å². The number of carbonyl (C=O) groups is 1. The van der Waals surface area contributed by atoms with Gasteiger partial charge in [0, 0.05) is 19.0 Å². The van der Waals surface area contributed by atoms with Gasteiger partial charge in [-0.05, 0) is 40.8 Å². The Balaban J connectivity index is 1.94. The molecule has 0 atom stereocenters. The molecule has 1 aliphatic carbocycles. The third-order valence-electron chi connectivity index (χ3n) is 2.92. The first-order chi connectivity index (χ1) is 7.16. The van der Waals surface area contributed by atoms with E-state index in [9.17, 15) is 4.79 Å². The maximum Gasteiger partial charge on any atom is 0.254 e. The van der Waals surface area contributed by atoms with Gasteiger partial charge in [-0.25, -0.2) is 0 Å². The number of hydrogen-bond acceptors (Lipinski definition) is 2. The molecule has 15 heavy (non-hydrogen) atoms. The van der Waals surface area contributed by atoms with Gasteiger partial charge < -0.3 is 4.90 Å². The van der Waals surface area contributed by atoms with Crippen LogP contribution in [0.25, 0.3) is 0 Å². The molecule has 4 heteroatoms. The van der Waals surface area contributed by atoms with Crippen LogP contribution in [0.4, 0.5) is 0 Å². The Labute approximate surface area is 102 Å². The van der Waals surface area contributed by atoms with E-state index in [1.54, 1.807) is 11.3 Å². The second kappa shape index (κ2) is 4.66. The zero-order chi connectivity index (χ0) is 10.8.